The Kier molecular flexibility index (Phi) is 11.1. The Hall–Kier alpha value is -0.970. The number of anilines is 1. The summed E-state index contributed by atoms with van der Waals surface area (Å²) in [5.41, 5.74) is 8.36. The van der Waals surface area contributed by atoms with Gasteiger partial charge < -0.3 is 5.73 Å². The molecule has 3 nitrogen and oxygen atoms in total. The Morgan fingerprint density at radius 1 is 0.958 bits per heavy atom. The third-order valence-electron chi connectivity index (χ3n) is 2.84. The quantitative estimate of drug-likeness (QED) is 0.575. The van der Waals surface area contributed by atoms with Crippen LogP contribution in [0.15, 0.2) is 28.1 Å². The number of hydrogen-bond donors (Lipinski definition) is 1. The molecular formula is C18H27Cl2N3S. The first-order valence-electron chi connectivity index (χ1n) is 8.15. The number of benzene rings is 1. The van der Waals surface area contributed by atoms with Gasteiger partial charge >= 0.3 is 0 Å². The van der Waals surface area contributed by atoms with Gasteiger partial charge in [0.15, 0.2) is 0 Å². The Morgan fingerprint density at radius 3 is 1.92 bits per heavy atom. The second-order valence-corrected chi connectivity index (χ2v) is 6.64. The SMILES string of the molecule is CC.CC.Cc1nnc(Sc2c(Cl)cc(N)cc2Cl)cc1C(C)C. The van der Waals surface area contributed by atoms with Gasteiger partial charge in [-0.2, -0.15) is 5.10 Å². The summed E-state index contributed by atoms with van der Waals surface area (Å²) in [5.74, 6) is 0.391. The molecule has 0 saturated carbocycles. The molecule has 134 valence electrons. The molecule has 0 saturated heterocycles. The zero-order valence-corrected chi connectivity index (χ0v) is 17.8. The van der Waals surface area contributed by atoms with Gasteiger partial charge in [-0.1, -0.05) is 76.5 Å². The second kappa shape index (κ2) is 11.6. The zero-order chi connectivity index (χ0) is 18.9. The Bertz CT molecular complexity index is 623. The molecule has 0 atom stereocenters. The molecule has 24 heavy (non-hydrogen) atoms. The van der Waals surface area contributed by atoms with Gasteiger partial charge in [0.25, 0.3) is 0 Å². The molecule has 0 aliphatic heterocycles. The van der Waals surface area contributed by atoms with Gasteiger partial charge in [-0.25, -0.2) is 0 Å². The van der Waals surface area contributed by atoms with Crippen LogP contribution in [0.3, 0.4) is 0 Å². The number of nitrogens with zero attached hydrogens (tertiary/aromatic N) is 2. The minimum atomic E-state index is 0.391. The summed E-state index contributed by atoms with van der Waals surface area (Å²) in [7, 11) is 0. The van der Waals surface area contributed by atoms with Crippen LogP contribution in [-0.2, 0) is 0 Å². The summed E-state index contributed by atoms with van der Waals surface area (Å²) in [4.78, 5) is 0.746. The Morgan fingerprint density at radius 2 is 1.46 bits per heavy atom. The van der Waals surface area contributed by atoms with E-state index >= 15 is 0 Å². The van der Waals surface area contributed by atoms with Crippen LogP contribution in [0, 0.1) is 6.92 Å². The van der Waals surface area contributed by atoms with E-state index in [9.17, 15) is 0 Å². The van der Waals surface area contributed by atoms with Crippen molar-refractivity contribution < 1.29 is 0 Å². The van der Waals surface area contributed by atoms with Crippen molar-refractivity contribution in [1.29, 1.82) is 0 Å². The van der Waals surface area contributed by atoms with Crippen LogP contribution in [0.1, 0.15) is 58.7 Å². The topological polar surface area (TPSA) is 51.8 Å². The lowest BCUT2D eigenvalue weighted by Crippen LogP contribution is -1.99. The fraction of sp³-hybridized carbons (Fsp3) is 0.444. The minimum absolute atomic E-state index is 0.391. The molecule has 1 aromatic carbocycles. The van der Waals surface area contributed by atoms with E-state index in [1.165, 1.54) is 17.3 Å². The van der Waals surface area contributed by atoms with Crippen molar-refractivity contribution in [3.8, 4) is 0 Å². The summed E-state index contributed by atoms with van der Waals surface area (Å²) in [5, 5.41) is 10.2. The monoisotopic (exact) mass is 387 g/mol. The summed E-state index contributed by atoms with van der Waals surface area (Å²) in [6.45, 7) is 14.2. The van der Waals surface area contributed by atoms with E-state index < -0.39 is 0 Å². The Labute approximate surface area is 160 Å². The van der Waals surface area contributed by atoms with E-state index in [-0.39, 0.29) is 0 Å². The van der Waals surface area contributed by atoms with Gasteiger partial charge in [0.05, 0.1) is 20.6 Å². The molecular weight excluding hydrogens is 361 g/mol. The average molecular weight is 388 g/mol. The van der Waals surface area contributed by atoms with Crippen LogP contribution >= 0.6 is 35.0 Å². The molecule has 6 heteroatoms. The van der Waals surface area contributed by atoms with Crippen molar-refractivity contribution in [1.82, 2.24) is 10.2 Å². The number of aromatic nitrogens is 2. The van der Waals surface area contributed by atoms with Crippen LogP contribution in [0.5, 0.6) is 0 Å². The number of nitrogen functional groups attached to an aromatic ring is 1. The molecule has 0 aliphatic rings. The molecule has 2 rings (SSSR count). The van der Waals surface area contributed by atoms with E-state index in [4.69, 9.17) is 28.9 Å². The molecule has 0 unspecified atom stereocenters. The van der Waals surface area contributed by atoms with Crippen molar-refractivity contribution in [2.24, 2.45) is 0 Å². The minimum Gasteiger partial charge on any atom is -0.399 e. The van der Waals surface area contributed by atoms with E-state index in [0.717, 1.165) is 15.6 Å². The van der Waals surface area contributed by atoms with E-state index in [0.29, 0.717) is 21.7 Å². The van der Waals surface area contributed by atoms with Crippen LogP contribution < -0.4 is 5.73 Å². The highest BCUT2D eigenvalue weighted by Crippen LogP contribution is 2.39. The van der Waals surface area contributed by atoms with Gasteiger partial charge in [-0.3, -0.25) is 0 Å². The molecule has 0 bridgehead atoms. The average Bonchev–Trinajstić information content (AvgIpc) is 2.56. The first-order valence-corrected chi connectivity index (χ1v) is 9.72. The largest absolute Gasteiger partial charge is 0.399 e. The van der Waals surface area contributed by atoms with Gasteiger partial charge in [0.2, 0.25) is 0 Å². The lowest BCUT2D eigenvalue weighted by Gasteiger charge is -2.11. The molecule has 0 amide bonds. The van der Waals surface area contributed by atoms with Crippen LogP contribution in [0.4, 0.5) is 5.69 Å². The van der Waals surface area contributed by atoms with Gasteiger partial charge in [-0.15, -0.1) is 5.10 Å². The summed E-state index contributed by atoms with van der Waals surface area (Å²) < 4.78 is 0. The van der Waals surface area contributed by atoms with E-state index in [1.807, 2.05) is 40.7 Å². The van der Waals surface area contributed by atoms with Crippen molar-refractivity contribution in [3.05, 3.63) is 39.5 Å². The summed E-state index contributed by atoms with van der Waals surface area (Å²) in [6, 6.07) is 5.39. The van der Waals surface area contributed by atoms with Crippen LogP contribution in [0.2, 0.25) is 10.0 Å². The molecule has 0 radical (unpaired) electrons. The highest BCUT2D eigenvalue weighted by Gasteiger charge is 2.13. The van der Waals surface area contributed by atoms with Gasteiger partial charge in [-0.05, 0) is 36.6 Å². The lowest BCUT2D eigenvalue weighted by atomic mass is 10.0. The third kappa shape index (κ3) is 6.50. The van der Waals surface area contributed by atoms with Crippen LogP contribution in [0.25, 0.3) is 0 Å². The van der Waals surface area contributed by atoms with Gasteiger partial charge in [0, 0.05) is 5.69 Å². The number of aryl methyl sites for hydroxylation is 1. The van der Waals surface area contributed by atoms with Gasteiger partial charge in [0.1, 0.15) is 5.03 Å². The summed E-state index contributed by atoms with van der Waals surface area (Å²) >= 11 is 13.8. The maximum absolute atomic E-state index is 6.18. The first-order chi connectivity index (χ1) is 11.4. The molecule has 0 fully saturated rings. The molecule has 0 aliphatic carbocycles. The number of hydrogen-bond acceptors (Lipinski definition) is 4. The molecule has 2 N–H and O–H groups in total. The standard InChI is InChI=1S/C14H15Cl2N3S.2C2H6/c1-7(2)10-6-13(19-18-8(10)3)20-14-11(15)4-9(17)5-12(14)16;2*1-2/h4-7H,17H2,1-3H3;2*1-2H3. The fourth-order valence-electron chi connectivity index (χ4n) is 1.86. The van der Waals surface area contributed by atoms with E-state index in [1.54, 1.807) is 12.1 Å². The highest BCUT2D eigenvalue weighted by molar-refractivity contribution is 7.99. The normalized spacial score (nSPS) is 9.75. The maximum atomic E-state index is 6.18. The molecule has 0 spiro atoms. The predicted molar refractivity (Wildman–Crippen MR) is 109 cm³/mol. The highest BCUT2D eigenvalue weighted by atomic mass is 35.5. The first kappa shape index (κ1) is 23.0. The number of rotatable bonds is 3. The van der Waals surface area contributed by atoms with Crippen molar-refractivity contribution >= 4 is 40.7 Å². The maximum Gasteiger partial charge on any atom is 0.124 e. The smallest absolute Gasteiger partial charge is 0.124 e. The number of halogens is 2. The van der Waals surface area contributed by atoms with Crippen molar-refractivity contribution in [3.63, 3.8) is 0 Å². The van der Waals surface area contributed by atoms with Crippen molar-refractivity contribution in [2.75, 3.05) is 5.73 Å². The lowest BCUT2D eigenvalue weighted by molar-refractivity contribution is 0.790. The second-order valence-electron chi connectivity index (χ2n) is 4.79. The fourth-order valence-corrected chi connectivity index (χ4v) is 3.39. The van der Waals surface area contributed by atoms with E-state index in [2.05, 4.69) is 24.0 Å². The molecule has 2 aromatic rings. The molecule has 1 aromatic heterocycles. The number of nitrogens with two attached hydrogens (primary N) is 1. The predicted octanol–water partition coefficient (Wildman–Crippen LogP) is 7.00. The molecule has 1 heterocycles. The van der Waals surface area contributed by atoms with Crippen molar-refractivity contribution in [2.45, 2.75) is 64.3 Å². The van der Waals surface area contributed by atoms with Crippen LogP contribution in [-0.4, -0.2) is 10.2 Å². The Balaban J connectivity index is 0.00000123. The third-order valence-corrected chi connectivity index (χ3v) is 4.72. The summed E-state index contributed by atoms with van der Waals surface area (Å²) in [6.07, 6.45) is 0. The zero-order valence-electron chi connectivity index (χ0n) is 15.4.